The van der Waals surface area contributed by atoms with E-state index in [4.69, 9.17) is 0 Å². The first-order valence-corrected chi connectivity index (χ1v) is 19.8. The lowest BCUT2D eigenvalue weighted by atomic mass is 10.1. The molecule has 0 aliphatic heterocycles. The van der Waals surface area contributed by atoms with Crippen LogP contribution in [0.15, 0.2) is 36.5 Å². The van der Waals surface area contributed by atoms with Crippen LogP contribution in [-0.2, 0) is 14.9 Å². The van der Waals surface area contributed by atoms with Gasteiger partial charge in [-0.1, -0.05) is 147 Å². The number of amides is 1. The molecule has 0 aromatic rings. The number of hydrogen-bond donors (Lipinski definition) is 3. The SMILES string of the molecule is CCCCCCCC/C=C\CCCCCCCCCC(=O)NC(CS(=O)(=O)O)C(O)/C=C/CC/C=C/CCCCCCCC. The lowest BCUT2D eigenvalue weighted by Gasteiger charge is -2.21. The molecule has 1 amide bonds. The summed E-state index contributed by atoms with van der Waals surface area (Å²) in [5.74, 6) is -1.01. The highest BCUT2D eigenvalue weighted by Gasteiger charge is 2.24. The number of allylic oxidation sites excluding steroid dienone is 5. The number of hydrogen-bond acceptors (Lipinski definition) is 4. The van der Waals surface area contributed by atoms with Gasteiger partial charge in [0.05, 0.1) is 17.9 Å². The molecule has 44 heavy (non-hydrogen) atoms. The first-order chi connectivity index (χ1) is 21.3. The van der Waals surface area contributed by atoms with Gasteiger partial charge in [0.25, 0.3) is 10.1 Å². The van der Waals surface area contributed by atoms with Crippen molar-refractivity contribution in [2.45, 2.75) is 187 Å². The van der Waals surface area contributed by atoms with Gasteiger partial charge in [-0.25, -0.2) is 0 Å². The van der Waals surface area contributed by atoms with Gasteiger partial charge in [-0.05, 0) is 57.8 Å². The van der Waals surface area contributed by atoms with Crippen LogP contribution in [0.2, 0.25) is 0 Å². The maximum absolute atomic E-state index is 12.4. The maximum Gasteiger partial charge on any atom is 0.267 e. The normalized spacial score (nSPS) is 13.8. The first-order valence-electron chi connectivity index (χ1n) is 18.2. The molecule has 7 heteroatoms. The second-order valence-electron chi connectivity index (χ2n) is 12.5. The molecule has 258 valence electrons. The Morgan fingerprint density at radius 1 is 0.591 bits per heavy atom. The zero-order valence-electron chi connectivity index (χ0n) is 28.5. The van der Waals surface area contributed by atoms with E-state index in [-0.39, 0.29) is 12.3 Å². The highest BCUT2D eigenvalue weighted by molar-refractivity contribution is 7.85. The molecule has 0 aliphatic carbocycles. The van der Waals surface area contributed by atoms with Gasteiger partial charge in [-0.2, -0.15) is 8.42 Å². The molecule has 0 aromatic carbocycles. The second-order valence-corrected chi connectivity index (χ2v) is 14.0. The highest BCUT2D eigenvalue weighted by atomic mass is 32.2. The van der Waals surface area contributed by atoms with Crippen molar-refractivity contribution in [3.05, 3.63) is 36.5 Å². The Kier molecular flexibility index (Phi) is 30.5. The second kappa shape index (κ2) is 31.5. The van der Waals surface area contributed by atoms with Crippen LogP contribution >= 0.6 is 0 Å². The molecule has 0 aromatic heterocycles. The maximum atomic E-state index is 12.4. The molecule has 0 rings (SSSR count). The molecule has 0 spiro atoms. The number of carbonyl (C=O) groups excluding carboxylic acids is 1. The fourth-order valence-electron chi connectivity index (χ4n) is 5.28. The van der Waals surface area contributed by atoms with Crippen LogP contribution in [0, 0.1) is 0 Å². The average molecular weight is 640 g/mol. The van der Waals surface area contributed by atoms with Gasteiger partial charge in [0, 0.05) is 6.42 Å². The van der Waals surface area contributed by atoms with Crippen molar-refractivity contribution in [3.8, 4) is 0 Å². The molecule has 2 atom stereocenters. The summed E-state index contributed by atoms with van der Waals surface area (Å²) >= 11 is 0. The minimum Gasteiger partial charge on any atom is -0.387 e. The number of rotatable bonds is 32. The third-order valence-electron chi connectivity index (χ3n) is 8.04. The zero-order chi connectivity index (χ0) is 32.6. The summed E-state index contributed by atoms with van der Waals surface area (Å²) < 4.78 is 32.3. The van der Waals surface area contributed by atoms with Gasteiger partial charge in [0.1, 0.15) is 0 Å². The standard InChI is InChI=1S/C37H69NO5S/c1-3-5-7-9-11-13-15-17-18-19-20-21-23-25-27-29-31-33-37(40)38-35(34-44(41,42)43)36(39)32-30-28-26-24-22-16-14-12-10-8-6-4-2/h17-18,22,24,30,32,35-36,39H,3-16,19-21,23,25-29,31,33-34H2,1-2H3,(H,38,40)(H,41,42,43)/b18-17-,24-22+,32-30+. The number of aliphatic hydroxyl groups excluding tert-OH is 1. The Morgan fingerprint density at radius 3 is 1.43 bits per heavy atom. The van der Waals surface area contributed by atoms with Crippen molar-refractivity contribution in [3.63, 3.8) is 0 Å². The van der Waals surface area contributed by atoms with Gasteiger partial charge in [0.15, 0.2) is 0 Å². The van der Waals surface area contributed by atoms with Crippen molar-refractivity contribution in [2.24, 2.45) is 0 Å². The van der Waals surface area contributed by atoms with E-state index in [1.54, 1.807) is 6.08 Å². The lowest BCUT2D eigenvalue weighted by molar-refractivity contribution is -0.122. The molecule has 0 saturated carbocycles. The Morgan fingerprint density at radius 2 is 0.977 bits per heavy atom. The summed E-state index contributed by atoms with van der Waals surface area (Å²) in [6, 6.07) is -1.07. The predicted octanol–water partition coefficient (Wildman–Crippen LogP) is 10.2. The van der Waals surface area contributed by atoms with Crippen LogP contribution in [0.3, 0.4) is 0 Å². The average Bonchev–Trinajstić information content (AvgIpc) is 2.98. The van der Waals surface area contributed by atoms with E-state index < -0.39 is 28.0 Å². The Labute approximate surface area is 272 Å². The monoisotopic (exact) mass is 639 g/mol. The van der Waals surface area contributed by atoms with Crippen molar-refractivity contribution < 1.29 is 22.9 Å². The fourth-order valence-corrected chi connectivity index (χ4v) is 6.02. The first kappa shape index (κ1) is 42.6. The molecule has 3 N–H and O–H groups in total. The van der Waals surface area contributed by atoms with E-state index in [9.17, 15) is 22.9 Å². The molecule has 0 fully saturated rings. The van der Waals surface area contributed by atoms with Gasteiger partial charge < -0.3 is 10.4 Å². The van der Waals surface area contributed by atoms with E-state index in [1.165, 1.54) is 109 Å². The predicted molar refractivity (Wildman–Crippen MR) is 189 cm³/mol. The summed E-state index contributed by atoms with van der Waals surface area (Å²) in [6.07, 6.45) is 39.8. The van der Waals surface area contributed by atoms with Gasteiger partial charge >= 0.3 is 0 Å². The topological polar surface area (TPSA) is 104 Å². The smallest absolute Gasteiger partial charge is 0.267 e. The van der Waals surface area contributed by atoms with Crippen LogP contribution in [0.1, 0.15) is 174 Å². The van der Waals surface area contributed by atoms with E-state index in [1.807, 2.05) is 0 Å². The van der Waals surface area contributed by atoms with Crippen LogP contribution in [0.4, 0.5) is 0 Å². The third kappa shape index (κ3) is 32.0. The molecule has 0 aliphatic rings. The summed E-state index contributed by atoms with van der Waals surface area (Å²) in [6.45, 7) is 4.48. The quantitative estimate of drug-likeness (QED) is 0.0386. The Hall–Kier alpha value is -1.44. The summed E-state index contributed by atoms with van der Waals surface area (Å²) in [4.78, 5) is 12.4. The summed E-state index contributed by atoms with van der Waals surface area (Å²) in [5, 5.41) is 13.1. The molecule has 2 unspecified atom stereocenters. The molecule has 0 bridgehead atoms. The van der Waals surface area contributed by atoms with Crippen molar-refractivity contribution >= 4 is 16.0 Å². The van der Waals surface area contributed by atoms with Crippen molar-refractivity contribution in [1.29, 1.82) is 0 Å². The van der Waals surface area contributed by atoms with Crippen LogP contribution in [-0.4, -0.2) is 41.9 Å². The van der Waals surface area contributed by atoms with E-state index in [0.29, 0.717) is 6.42 Å². The van der Waals surface area contributed by atoms with Crippen LogP contribution < -0.4 is 5.32 Å². The van der Waals surface area contributed by atoms with Crippen LogP contribution in [0.25, 0.3) is 0 Å². The molecule has 6 nitrogen and oxygen atoms in total. The van der Waals surface area contributed by atoms with Gasteiger partial charge in [0.2, 0.25) is 5.91 Å². The zero-order valence-corrected chi connectivity index (χ0v) is 29.3. The minimum absolute atomic E-state index is 0.283. The van der Waals surface area contributed by atoms with Crippen molar-refractivity contribution in [1.82, 2.24) is 5.32 Å². The summed E-state index contributed by atoms with van der Waals surface area (Å²) in [5.41, 5.74) is 0. The van der Waals surface area contributed by atoms with E-state index in [2.05, 4.69) is 43.5 Å². The van der Waals surface area contributed by atoms with Crippen LogP contribution in [0.5, 0.6) is 0 Å². The van der Waals surface area contributed by atoms with Crippen molar-refractivity contribution in [2.75, 3.05) is 5.75 Å². The highest BCUT2D eigenvalue weighted by Crippen LogP contribution is 2.12. The molecular weight excluding hydrogens is 570 g/mol. The van der Waals surface area contributed by atoms with Gasteiger partial charge in [-0.3, -0.25) is 9.35 Å². The van der Waals surface area contributed by atoms with E-state index in [0.717, 1.165) is 44.9 Å². The number of carbonyl (C=O) groups is 1. The molecule has 0 saturated heterocycles. The Bertz CT molecular complexity index is 837. The molecular formula is C37H69NO5S. The lowest BCUT2D eigenvalue weighted by Crippen LogP contribution is -2.46. The third-order valence-corrected chi connectivity index (χ3v) is 8.82. The minimum atomic E-state index is -4.35. The van der Waals surface area contributed by atoms with E-state index >= 15 is 0 Å². The molecule has 0 radical (unpaired) electrons. The number of nitrogens with one attached hydrogen (secondary N) is 1. The number of unbranched alkanes of at least 4 members (excludes halogenated alkanes) is 20. The molecule has 0 heterocycles. The largest absolute Gasteiger partial charge is 0.387 e. The fraction of sp³-hybridized carbons (Fsp3) is 0.811. The summed E-state index contributed by atoms with van der Waals surface area (Å²) in [7, 11) is -4.35. The van der Waals surface area contributed by atoms with Gasteiger partial charge in [-0.15, -0.1) is 0 Å². The Balaban J connectivity index is 4.02. The number of aliphatic hydroxyl groups is 1.